The molecular formula is C21H21NO6. The number of fused-ring (bicyclic) bond motifs is 1. The average Bonchev–Trinajstić information content (AvgIpc) is 3.09. The van der Waals surface area contributed by atoms with Crippen molar-refractivity contribution < 1.29 is 28.2 Å². The summed E-state index contributed by atoms with van der Waals surface area (Å²) in [7, 11) is 3.11. The van der Waals surface area contributed by atoms with Crippen LogP contribution in [0.5, 0.6) is 5.75 Å². The van der Waals surface area contributed by atoms with Gasteiger partial charge in [-0.3, -0.25) is 4.79 Å². The zero-order valence-electron chi connectivity index (χ0n) is 15.7. The molecule has 146 valence electrons. The van der Waals surface area contributed by atoms with Gasteiger partial charge in [-0.25, -0.2) is 4.79 Å². The molecule has 1 N–H and O–H groups in total. The Morgan fingerprint density at radius 1 is 1.07 bits per heavy atom. The predicted octanol–water partition coefficient (Wildman–Crippen LogP) is 3.06. The fourth-order valence-corrected chi connectivity index (χ4v) is 2.78. The van der Waals surface area contributed by atoms with Crippen molar-refractivity contribution in [1.82, 2.24) is 5.32 Å². The Morgan fingerprint density at radius 3 is 2.68 bits per heavy atom. The summed E-state index contributed by atoms with van der Waals surface area (Å²) in [6.45, 7) is 0.0862. The molecule has 0 aliphatic rings. The normalized spacial score (nSPS) is 10.6. The molecule has 0 spiro atoms. The minimum atomic E-state index is -0.709. The van der Waals surface area contributed by atoms with E-state index in [0.29, 0.717) is 23.4 Å². The summed E-state index contributed by atoms with van der Waals surface area (Å²) < 4.78 is 21.0. The number of para-hydroxylation sites is 1. The lowest BCUT2D eigenvalue weighted by molar-refractivity contribution is -0.124. The molecule has 0 saturated carbocycles. The first-order chi connectivity index (χ1) is 13.6. The number of esters is 1. The van der Waals surface area contributed by atoms with Gasteiger partial charge in [0.15, 0.2) is 6.61 Å². The number of hydrogen-bond donors (Lipinski definition) is 1. The van der Waals surface area contributed by atoms with Crippen LogP contribution in [-0.2, 0) is 27.4 Å². The summed E-state index contributed by atoms with van der Waals surface area (Å²) in [5.41, 5.74) is 2.03. The smallest absolute Gasteiger partial charge is 0.375 e. The van der Waals surface area contributed by atoms with Crippen molar-refractivity contribution in [1.29, 1.82) is 0 Å². The maximum Gasteiger partial charge on any atom is 0.375 e. The van der Waals surface area contributed by atoms with Crippen molar-refractivity contribution in [3.05, 3.63) is 65.4 Å². The number of rotatable bonds is 8. The van der Waals surface area contributed by atoms with Crippen LogP contribution in [-0.4, -0.2) is 32.7 Å². The van der Waals surface area contributed by atoms with Crippen LogP contribution < -0.4 is 10.1 Å². The van der Waals surface area contributed by atoms with E-state index in [1.54, 1.807) is 13.2 Å². The van der Waals surface area contributed by atoms with Crippen molar-refractivity contribution in [2.24, 2.45) is 0 Å². The summed E-state index contributed by atoms with van der Waals surface area (Å²) in [5, 5.41) is 3.47. The van der Waals surface area contributed by atoms with E-state index in [1.165, 1.54) is 7.11 Å². The van der Waals surface area contributed by atoms with Crippen LogP contribution in [0.2, 0.25) is 0 Å². The Morgan fingerprint density at radius 2 is 1.89 bits per heavy atom. The van der Waals surface area contributed by atoms with Gasteiger partial charge in [-0.05, 0) is 23.8 Å². The number of carbonyl (C=O) groups is 2. The van der Waals surface area contributed by atoms with Gasteiger partial charge in [0.25, 0.3) is 5.91 Å². The lowest BCUT2D eigenvalue weighted by atomic mass is 10.1. The van der Waals surface area contributed by atoms with Crippen LogP contribution in [0.15, 0.2) is 52.9 Å². The fraction of sp³-hybridized carbons (Fsp3) is 0.238. The average molecular weight is 383 g/mol. The summed E-state index contributed by atoms with van der Waals surface area (Å²) in [6, 6.07) is 14.6. The molecule has 1 heterocycles. The van der Waals surface area contributed by atoms with Crippen LogP contribution in [0.3, 0.4) is 0 Å². The van der Waals surface area contributed by atoms with Crippen LogP contribution >= 0.6 is 0 Å². The van der Waals surface area contributed by atoms with E-state index < -0.39 is 18.5 Å². The number of furan rings is 1. The molecule has 1 aromatic heterocycles. The lowest BCUT2D eigenvalue weighted by Crippen LogP contribution is -2.28. The minimum Gasteiger partial charge on any atom is -0.497 e. The van der Waals surface area contributed by atoms with E-state index in [-0.39, 0.29) is 12.4 Å². The third-order valence-corrected chi connectivity index (χ3v) is 4.13. The molecule has 3 rings (SSSR count). The van der Waals surface area contributed by atoms with E-state index in [1.807, 2.05) is 42.5 Å². The Labute approximate surface area is 162 Å². The molecule has 0 fully saturated rings. The van der Waals surface area contributed by atoms with Crippen molar-refractivity contribution in [2.45, 2.75) is 13.2 Å². The summed E-state index contributed by atoms with van der Waals surface area (Å²) in [6.07, 6.45) is 0. The number of methoxy groups -OCH3 is 2. The first kappa shape index (κ1) is 19.4. The molecule has 0 bridgehead atoms. The highest BCUT2D eigenvalue weighted by molar-refractivity contribution is 5.96. The Hall–Kier alpha value is -3.32. The molecule has 0 unspecified atom stereocenters. The first-order valence-electron chi connectivity index (χ1n) is 8.68. The molecule has 0 aliphatic carbocycles. The highest BCUT2D eigenvalue weighted by atomic mass is 16.5. The largest absolute Gasteiger partial charge is 0.497 e. The van der Waals surface area contributed by atoms with Crippen LogP contribution in [0.25, 0.3) is 11.0 Å². The van der Waals surface area contributed by atoms with Crippen LogP contribution in [0.4, 0.5) is 0 Å². The topological polar surface area (TPSA) is 87.0 Å². The van der Waals surface area contributed by atoms with Crippen LogP contribution in [0, 0.1) is 0 Å². The second-order valence-corrected chi connectivity index (χ2v) is 6.04. The molecule has 0 saturated heterocycles. The van der Waals surface area contributed by atoms with Crippen molar-refractivity contribution in [2.75, 3.05) is 20.8 Å². The number of hydrogen-bond acceptors (Lipinski definition) is 6. The van der Waals surface area contributed by atoms with Crippen molar-refractivity contribution in [3.63, 3.8) is 0 Å². The minimum absolute atomic E-state index is 0.0450. The number of carbonyl (C=O) groups excluding carboxylic acids is 2. The SMILES string of the molecule is COCc1c(C(=O)OCC(=O)NCc2cccc(OC)c2)oc2ccccc12. The van der Waals surface area contributed by atoms with E-state index in [9.17, 15) is 9.59 Å². The maximum absolute atomic E-state index is 12.4. The fourth-order valence-electron chi connectivity index (χ4n) is 2.78. The highest BCUT2D eigenvalue weighted by Gasteiger charge is 2.22. The molecule has 0 atom stereocenters. The van der Waals surface area contributed by atoms with E-state index in [4.69, 9.17) is 18.6 Å². The summed E-state index contributed by atoms with van der Waals surface area (Å²) >= 11 is 0. The molecule has 2 aromatic carbocycles. The Bertz CT molecular complexity index is 978. The molecule has 7 heteroatoms. The molecule has 1 amide bonds. The standard InChI is InChI=1S/C21H21NO6/c1-25-12-17-16-8-3-4-9-18(16)28-20(17)21(24)27-13-19(23)22-11-14-6-5-7-15(10-14)26-2/h3-10H,11-13H2,1-2H3,(H,22,23). The van der Waals surface area contributed by atoms with Crippen molar-refractivity contribution in [3.8, 4) is 5.75 Å². The number of nitrogens with one attached hydrogen (secondary N) is 1. The number of ether oxygens (including phenoxy) is 3. The predicted molar refractivity (Wildman–Crippen MR) is 102 cm³/mol. The molecule has 0 aliphatic heterocycles. The molecule has 28 heavy (non-hydrogen) atoms. The first-order valence-corrected chi connectivity index (χ1v) is 8.68. The van der Waals surface area contributed by atoms with Gasteiger partial charge in [0.1, 0.15) is 11.3 Å². The second-order valence-electron chi connectivity index (χ2n) is 6.04. The zero-order chi connectivity index (χ0) is 19.9. The molecule has 0 radical (unpaired) electrons. The van der Waals surface area contributed by atoms with Gasteiger partial charge in [-0.2, -0.15) is 0 Å². The number of benzene rings is 2. The number of amides is 1. The Kier molecular flexibility index (Phi) is 6.29. The third kappa shape index (κ3) is 4.50. The van der Waals surface area contributed by atoms with Gasteiger partial charge < -0.3 is 23.9 Å². The van der Waals surface area contributed by atoms with E-state index in [2.05, 4.69) is 5.32 Å². The summed E-state index contributed by atoms with van der Waals surface area (Å²) in [5.74, 6) is -0.377. The van der Waals surface area contributed by atoms with Gasteiger partial charge in [0.05, 0.1) is 13.7 Å². The summed E-state index contributed by atoms with van der Waals surface area (Å²) in [4.78, 5) is 24.4. The van der Waals surface area contributed by atoms with Crippen molar-refractivity contribution >= 4 is 22.8 Å². The van der Waals surface area contributed by atoms with Gasteiger partial charge in [-0.1, -0.05) is 30.3 Å². The highest BCUT2D eigenvalue weighted by Crippen LogP contribution is 2.27. The van der Waals surface area contributed by atoms with Gasteiger partial charge in [0, 0.05) is 24.6 Å². The maximum atomic E-state index is 12.4. The van der Waals surface area contributed by atoms with Crippen LogP contribution in [0.1, 0.15) is 21.7 Å². The third-order valence-electron chi connectivity index (χ3n) is 4.13. The van der Waals surface area contributed by atoms with Gasteiger partial charge in [-0.15, -0.1) is 0 Å². The van der Waals surface area contributed by atoms with Gasteiger partial charge >= 0.3 is 5.97 Å². The molecule has 7 nitrogen and oxygen atoms in total. The lowest BCUT2D eigenvalue weighted by Gasteiger charge is -2.08. The van der Waals surface area contributed by atoms with E-state index in [0.717, 1.165) is 10.9 Å². The zero-order valence-corrected chi connectivity index (χ0v) is 15.7. The Balaban J connectivity index is 1.60. The quantitative estimate of drug-likeness (QED) is 0.602. The molecular weight excluding hydrogens is 362 g/mol. The monoisotopic (exact) mass is 383 g/mol. The van der Waals surface area contributed by atoms with Gasteiger partial charge in [0.2, 0.25) is 5.76 Å². The second kappa shape index (κ2) is 9.05. The molecule has 3 aromatic rings. The van der Waals surface area contributed by atoms with E-state index >= 15 is 0 Å².